The molecular weight excluding hydrogens is 192 g/mol. The van der Waals surface area contributed by atoms with Crippen molar-refractivity contribution in [2.75, 3.05) is 11.9 Å². The van der Waals surface area contributed by atoms with Gasteiger partial charge in [0.2, 0.25) is 0 Å². The van der Waals surface area contributed by atoms with Gasteiger partial charge in [0.25, 0.3) is 0 Å². The second-order valence-corrected chi connectivity index (χ2v) is 4.39. The quantitative estimate of drug-likeness (QED) is 0.763. The van der Waals surface area contributed by atoms with Gasteiger partial charge >= 0.3 is 0 Å². The molecule has 0 spiro atoms. The van der Waals surface area contributed by atoms with Crippen LogP contribution in [0.3, 0.4) is 0 Å². The van der Waals surface area contributed by atoms with Crippen molar-refractivity contribution < 1.29 is 0 Å². The van der Waals surface area contributed by atoms with Crippen molar-refractivity contribution in [1.29, 1.82) is 0 Å². The Hall–Kier alpha value is -0.280. The number of hydrogen-bond donors (Lipinski definition) is 1. The number of aromatic nitrogens is 1. The van der Waals surface area contributed by atoms with E-state index >= 15 is 0 Å². The van der Waals surface area contributed by atoms with Gasteiger partial charge in [-0.1, -0.05) is 0 Å². The molecule has 1 N–H and O–H groups in total. The van der Waals surface area contributed by atoms with Crippen LogP contribution < -0.4 is 5.32 Å². The first-order chi connectivity index (χ1) is 5.68. The second kappa shape index (κ2) is 4.67. The Morgan fingerprint density at radius 3 is 3.00 bits per heavy atom. The smallest absolute Gasteiger partial charge is 0.182 e. The molecule has 1 rings (SSSR count). The fourth-order valence-electron chi connectivity index (χ4n) is 0.813. The predicted octanol–water partition coefficient (Wildman–Crippen LogP) is 2.88. The summed E-state index contributed by atoms with van der Waals surface area (Å²) in [5.74, 6) is 0. The van der Waals surface area contributed by atoms with Crippen molar-refractivity contribution >= 4 is 28.1 Å². The van der Waals surface area contributed by atoms with Gasteiger partial charge in [-0.2, -0.15) is 0 Å². The van der Waals surface area contributed by atoms with Gasteiger partial charge in [-0.05, 0) is 20.3 Å². The van der Waals surface area contributed by atoms with Gasteiger partial charge in [0.1, 0.15) is 0 Å². The van der Waals surface area contributed by atoms with Crippen molar-refractivity contribution in [1.82, 2.24) is 4.98 Å². The maximum Gasteiger partial charge on any atom is 0.182 e. The lowest BCUT2D eigenvalue weighted by atomic mass is 10.3. The van der Waals surface area contributed by atoms with Crippen LogP contribution in [0.15, 0.2) is 5.38 Å². The van der Waals surface area contributed by atoms with Crippen LogP contribution in [0, 0.1) is 6.92 Å². The van der Waals surface area contributed by atoms with E-state index in [1.54, 1.807) is 11.3 Å². The maximum atomic E-state index is 5.79. The number of nitrogens with zero attached hydrogens (tertiary/aromatic N) is 1. The number of halogens is 1. The summed E-state index contributed by atoms with van der Waals surface area (Å²) in [5.41, 5.74) is 1.07. The molecule has 0 aromatic carbocycles. The summed E-state index contributed by atoms with van der Waals surface area (Å²) in [4.78, 5) is 4.27. The third-order valence-corrected chi connectivity index (χ3v) is 2.57. The van der Waals surface area contributed by atoms with Gasteiger partial charge in [-0.25, -0.2) is 4.98 Å². The molecule has 0 aliphatic heterocycles. The Labute approximate surface area is 82.0 Å². The van der Waals surface area contributed by atoms with Crippen LogP contribution in [0.25, 0.3) is 0 Å². The van der Waals surface area contributed by atoms with E-state index in [1.807, 2.05) is 19.2 Å². The zero-order valence-electron chi connectivity index (χ0n) is 7.30. The average Bonchev–Trinajstić information content (AvgIpc) is 2.35. The highest BCUT2D eigenvalue weighted by Gasteiger charge is 1.98. The molecule has 2 nitrogen and oxygen atoms in total. The second-order valence-electron chi connectivity index (χ2n) is 2.79. The van der Waals surface area contributed by atoms with Crippen LogP contribution in [0.1, 0.15) is 19.0 Å². The molecule has 1 atom stereocenters. The molecule has 4 heteroatoms. The standard InChI is InChI=1S/C8H13ClN2S/c1-6(9)3-4-10-8-11-7(2)5-12-8/h5-6H,3-4H2,1-2H3,(H,10,11). The molecule has 0 amide bonds. The van der Waals surface area contributed by atoms with Crippen molar-refractivity contribution in [3.05, 3.63) is 11.1 Å². The van der Waals surface area contributed by atoms with Crippen molar-refractivity contribution in [3.63, 3.8) is 0 Å². The van der Waals surface area contributed by atoms with Gasteiger partial charge in [-0.15, -0.1) is 22.9 Å². The largest absolute Gasteiger partial charge is 0.361 e. The summed E-state index contributed by atoms with van der Waals surface area (Å²) in [6, 6.07) is 0. The molecule has 0 saturated heterocycles. The molecule has 1 aromatic rings. The number of anilines is 1. The highest BCUT2D eigenvalue weighted by atomic mass is 35.5. The summed E-state index contributed by atoms with van der Waals surface area (Å²) in [7, 11) is 0. The molecule has 12 heavy (non-hydrogen) atoms. The lowest BCUT2D eigenvalue weighted by Crippen LogP contribution is -2.05. The minimum absolute atomic E-state index is 0.235. The Morgan fingerprint density at radius 2 is 2.50 bits per heavy atom. The van der Waals surface area contributed by atoms with Crippen LogP contribution in [0.5, 0.6) is 0 Å². The van der Waals surface area contributed by atoms with E-state index in [-0.39, 0.29) is 5.38 Å². The number of nitrogens with one attached hydrogen (secondary N) is 1. The minimum Gasteiger partial charge on any atom is -0.361 e. The zero-order valence-corrected chi connectivity index (χ0v) is 8.87. The molecule has 0 fully saturated rings. The summed E-state index contributed by atoms with van der Waals surface area (Å²) in [6.45, 7) is 4.89. The van der Waals surface area contributed by atoms with Crippen molar-refractivity contribution in [3.8, 4) is 0 Å². The van der Waals surface area contributed by atoms with Crippen LogP contribution in [0.2, 0.25) is 0 Å². The molecule has 0 bridgehead atoms. The van der Waals surface area contributed by atoms with E-state index in [9.17, 15) is 0 Å². The molecule has 0 aliphatic carbocycles. The van der Waals surface area contributed by atoms with E-state index in [4.69, 9.17) is 11.6 Å². The minimum atomic E-state index is 0.235. The predicted molar refractivity (Wildman–Crippen MR) is 55.3 cm³/mol. The topological polar surface area (TPSA) is 24.9 Å². The molecule has 0 saturated carbocycles. The molecular formula is C8H13ClN2S. The number of alkyl halides is 1. The third kappa shape index (κ3) is 3.41. The number of aryl methyl sites for hydroxylation is 1. The first kappa shape index (κ1) is 9.81. The van der Waals surface area contributed by atoms with Crippen LogP contribution in [-0.2, 0) is 0 Å². The molecule has 1 heterocycles. The summed E-state index contributed by atoms with van der Waals surface area (Å²) in [6.07, 6.45) is 0.972. The maximum absolute atomic E-state index is 5.79. The van der Waals surface area contributed by atoms with E-state index in [2.05, 4.69) is 10.3 Å². The lowest BCUT2D eigenvalue weighted by Gasteiger charge is -2.02. The van der Waals surface area contributed by atoms with Gasteiger partial charge in [0.05, 0.1) is 5.69 Å². The highest BCUT2D eigenvalue weighted by Crippen LogP contribution is 2.14. The third-order valence-electron chi connectivity index (χ3n) is 1.44. The van der Waals surface area contributed by atoms with E-state index in [0.29, 0.717) is 0 Å². The summed E-state index contributed by atoms with van der Waals surface area (Å²) < 4.78 is 0. The van der Waals surface area contributed by atoms with Gasteiger partial charge in [-0.3, -0.25) is 0 Å². The monoisotopic (exact) mass is 204 g/mol. The van der Waals surface area contributed by atoms with Crippen molar-refractivity contribution in [2.24, 2.45) is 0 Å². The van der Waals surface area contributed by atoms with Crippen LogP contribution >= 0.6 is 22.9 Å². The fraction of sp³-hybridized carbons (Fsp3) is 0.625. The van der Waals surface area contributed by atoms with E-state index in [1.165, 1.54) is 0 Å². The highest BCUT2D eigenvalue weighted by molar-refractivity contribution is 7.13. The average molecular weight is 205 g/mol. The van der Waals surface area contributed by atoms with E-state index < -0.39 is 0 Å². The zero-order chi connectivity index (χ0) is 8.97. The van der Waals surface area contributed by atoms with Gasteiger partial charge < -0.3 is 5.32 Å². The van der Waals surface area contributed by atoms with Gasteiger partial charge in [0.15, 0.2) is 5.13 Å². The first-order valence-electron chi connectivity index (χ1n) is 3.98. The Kier molecular flexibility index (Phi) is 3.82. The molecule has 68 valence electrons. The normalized spacial score (nSPS) is 12.9. The Morgan fingerprint density at radius 1 is 1.75 bits per heavy atom. The lowest BCUT2D eigenvalue weighted by molar-refractivity contribution is 0.841. The Bertz CT molecular complexity index is 235. The fourth-order valence-corrected chi connectivity index (χ4v) is 1.64. The molecule has 1 unspecified atom stereocenters. The SMILES string of the molecule is Cc1csc(NCCC(C)Cl)n1. The Balaban J connectivity index is 2.24. The van der Waals surface area contributed by atoms with Crippen LogP contribution in [-0.4, -0.2) is 16.9 Å². The van der Waals surface area contributed by atoms with Gasteiger partial charge in [0, 0.05) is 17.3 Å². The number of hydrogen-bond acceptors (Lipinski definition) is 3. The first-order valence-corrected chi connectivity index (χ1v) is 5.30. The summed E-state index contributed by atoms with van der Waals surface area (Å²) in [5, 5.41) is 6.48. The van der Waals surface area contributed by atoms with Crippen LogP contribution in [0.4, 0.5) is 5.13 Å². The van der Waals surface area contributed by atoms with Crippen molar-refractivity contribution in [2.45, 2.75) is 25.6 Å². The van der Waals surface area contributed by atoms with E-state index in [0.717, 1.165) is 23.8 Å². The molecule has 0 aliphatic rings. The number of thiazole rings is 1. The molecule has 0 radical (unpaired) electrons. The summed E-state index contributed by atoms with van der Waals surface area (Å²) >= 11 is 7.43. The molecule has 1 aromatic heterocycles. The number of rotatable bonds is 4.